The summed E-state index contributed by atoms with van der Waals surface area (Å²) < 4.78 is 105. The van der Waals surface area contributed by atoms with Gasteiger partial charge in [0.15, 0.2) is 17.5 Å². The zero-order chi connectivity index (χ0) is 31.4. The second kappa shape index (κ2) is 12.9. The first kappa shape index (κ1) is 30.7. The molecule has 0 bridgehead atoms. The Morgan fingerprint density at radius 3 is 1.80 bits per heavy atom. The SMILES string of the molecule is CCCCCc1cnc(-c2ccc(-c3ccc(-c4ccc(C(F)(F)Oc5ccc(F)c(F)c5)c(F)c4)c(F)c3)c(F)c2)nc1. The first-order valence-corrected chi connectivity index (χ1v) is 13.8. The van der Waals surface area contributed by atoms with E-state index in [1.807, 2.05) is 0 Å². The van der Waals surface area contributed by atoms with Gasteiger partial charge in [-0.3, -0.25) is 0 Å². The third kappa shape index (κ3) is 6.74. The highest BCUT2D eigenvalue weighted by Gasteiger charge is 2.38. The maximum Gasteiger partial charge on any atom is 0.429 e. The number of hydrogen-bond acceptors (Lipinski definition) is 3. The van der Waals surface area contributed by atoms with E-state index in [0.29, 0.717) is 35.7 Å². The average Bonchev–Trinajstić information content (AvgIpc) is 2.99. The molecule has 0 atom stereocenters. The lowest BCUT2D eigenvalue weighted by Crippen LogP contribution is -2.23. The van der Waals surface area contributed by atoms with Gasteiger partial charge in [-0.05, 0) is 65.9 Å². The van der Waals surface area contributed by atoms with Crippen LogP contribution in [0.25, 0.3) is 33.6 Å². The van der Waals surface area contributed by atoms with Gasteiger partial charge in [-0.15, -0.1) is 0 Å². The van der Waals surface area contributed by atoms with E-state index in [0.717, 1.165) is 49.4 Å². The van der Waals surface area contributed by atoms with Gasteiger partial charge >= 0.3 is 6.11 Å². The van der Waals surface area contributed by atoms with E-state index in [-0.39, 0.29) is 22.3 Å². The molecule has 3 nitrogen and oxygen atoms in total. The third-order valence-electron chi connectivity index (χ3n) is 7.01. The van der Waals surface area contributed by atoms with E-state index < -0.39 is 46.5 Å². The molecule has 1 aromatic heterocycles. The lowest BCUT2D eigenvalue weighted by molar-refractivity contribution is -0.187. The fourth-order valence-electron chi connectivity index (χ4n) is 4.68. The van der Waals surface area contributed by atoms with Crippen LogP contribution in [0.5, 0.6) is 5.75 Å². The van der Waals surface area contributed by atoms with Crippen molar-refractivity contribution in [1.29, 1.82) is 0 Å². The quantitative estimate of drug-likeness (QED) is 0.117. The molecule has 0 unspecified atom stereocenters. The van der Waals surface area contributed by atoms with Gasteiger partial charge < -0.3 is 4.74 Å². The predicted octanol–water partition coefficient (Wildman–Crippen LogP) is 10.0. The summed E-state index contributed by atoms with van der Waals surface area (Å²) >= 11 is 0. The van der Waals surface area contributed by atoms with Crippen LogP contribution < -0.4 is 4.74 Å². The summed E-state index contributed by atoms with van der Waals surface area (Å²) in [6.45, 7) is 2.12. The molecule has 0 amide bonds. The van der Waals surface area contributed by atoms with Gasteiger partial charge in [-0.2, -0.15) is 8.78 Å². The van der Waals surface area contributed by atoms with Crippen LogP contribution in [0.3, 0.4) is 0 Å². The van der Waals surface area contributed by atoms with Crippen LogP contribution in [0.2, 0.25) is 0 Å². The zero-order valence-electron chi connectivity index (χ0n) is 23.4. The van der Waals surface area contributed by atoms with Crippen molar-refractivity contribution in [1.82, 2.24) is 9.97 Å². The zero-order valence-corrected chi connectivity index (χ0v) is 23.4. The predicted molar refractivity (Wildman–Crippen MR) is 152 cm³/mol. The molecule has 0 fully saturated rings. The molecule has 226 valence electrons. The highest BCUT2D eigenvalue weighted by molar-refractivity contribution is 5.73. The minimum atomic E-state index is -4.25. The number of rotatable bonds is 10. The molecule has 0 spiro atoms. The Balaban J connectivity index is 1.34. The maximum absolute atomic E-state index is 15.2. The van der Waals surface area contributed by atoms with Crippen molar-refractivity contribution >= 4 is 0 Å². The number of ether oxygens (including phenoxy) is 1. The van der Waals surface area contributed by atoms with Crippen LogP contribution in [-0.4, -0.2) is 9.97 Å². The van der Waals surface area contributed by atoms with Gasteiger partial charge in [0.1, 0.15) is 23.2 Å². The number of alkyl halides is 2. The van der Waals surface area contributed by atoms with Gasteiger partial charge in [0.05, 0.1) is 5.56 Å². The fraction of sp³-hybridized carbons (Fsp3) is 0.176. The Morgan fingerprint density at radius 2 is 1.20 bits per heavy atom. The van der Waals surface area contributed by atoms with E-state index in [1.54, 1.807) is 18.5 Å². The summed E-state index contributed by atoms with van der Waals surface area (Å²) in [5.74, 6) is -5.95. The second-order valence-corrected chi connectivity index (χ2v) is 10.2. The Kier molecular flexibility index (Phi) is 8.98. The lowest BCUT2D eigenvalue weighted by Gasteiger charge is -2.19. The van der Waals surface area contributed by atoms with Crippen molar-refractivity contribution in [2.75, 3.05) is 0 Å². The summed E-state index contributed by atoms with van der Waals surface area (Å²) in [5.41, 5.74) is 0.369. The minimum Gasteiger partial charge on any atom is -0.429 e. The summed E-state index contributed by atoms with van der Waals surface area (Å²) in [7, 11) is 0. The second-order valence-electron chi connectivity index (χ2n) is 10.2. The van der Waals surface area contributed by atoms with Crippen molar-refractivity contribution in [3.05, 3.63) is 125 Å². The van der Waals surface area contributed by atoms with Gasteiger partial charge in [0, 0.05) is 35.2 Å². The van der Waals surface area contributed by atoms with Gasteiger partial charge in [-0.25, -0.2) is 31.9 Å². The summed E-state index contributed by atoms with van der Waals surface area (Å²) in [4.78, 5) is 8.67. The Bertz CT molecular complexity index is 1790. The summed E-state index contributed by atoms with van der Waals surface area (Å²) in [5, 5.41) is 0. The van der Waals surface area contributed by atoms with Gasteiger partial charge in [0.25, 0.3) is 0 Å². The number of unbranched alkanes of at least 4 members (excludes halogenated alkanes) is 2. The number of aromatic nitrogens is 2. The Labute approximate surface area is 249 Å². The molecule has 0 aliphatic rings. The number of aryl methyl sites for hydroxylation is 1. The number of halogens is 7. The molecule has 0 N–H and O–H groups in total. The molecule has 5 aromatic rings. The molecule has 4 aromatic carbocycles. The fourth-order valence-corrected chi connectivity index (χ4v) is 4.68. The van der Waals surface area contributed by atoms with Crippen LogP contribution in [0, 0.1) is 29.1 Å². The third-order valence-corrected chi connectivity index (χ3v) is 7.01. The Hall–Kier alpha value is -4.73. The first-order chi connectivity index (χ1) is 21.1. The summed E-state index contributed by atoms with van der Waals surface area (Å²) in [6.07, 6.45) is 3.29. The number of nitrogens with zero attached hydrogens (tertiary/aromatic N) is 2. The molecular formula is C34H25F7N2O. The standard InChI is InChI=1S/C34H25F7N2O/c1-2-3-4-5-20-18-42-33(43-19-20)23-7-11-26(30(37)16-23)21-6-10-25(29(36)14-21)22-8-12-27(31(38)15-22)34(40,41)44-24-9-13-28(35)32(39)17-24/h6-19H,2-5H2,1H3. The monoisotopic (exact) mass is 610 g/mol. The van der Waals surface area contributed by atoms with Crippen molar-refractivity contribution in [2.45, 2.75) is 38.7 Å². The molecule has 44 heavy (non-hydrogen) atoms. The highest BCUT2D eigenvalue weighted by Crippen LogP contribution is 2.37. The molecule has 0 saturated heterocycles. The van der Waals surface area contributed by atoms with Crippen molar-refractivity contribution in [3.63, 3.8) is 0 Å². The van der Waals surface area contributed by atoms with Crippen molar-refractivity contribution in [2.24, 2.45) is 0 Å². The number of benzene rings is 4. The summed E-state index contributed by atoms with van der Waals surface area (Å²) in [6, 6.07) is 12.3. The van der Waals surface area contributed by atoms with Crippen LogP contribution in [0.4, 0.5) is 30.7 Å². The smallest absolute Gasteiger partial charge is 0.429 e. The van der Waals surface area contributed by atoms with E-state index in [1.165, 1.54) is 24.3 Å². The Morgan fingerprint density at radius 1 is 0.614 bits per heavy atom. The minimum absolute atomic E-state index is 0.0648. The molecule has 5 rings (SSSR count). The lowest BCUT2D eigenvalue weighted by atomic mass is 9.97. The van der Waals surface area contributed by atoms with Crippen LogP contribution >= 0.6 is 0 Å². The normalized spacial score (nSPS) is 11.5. The number of hydrogen-bond donors (Lipinski definition) is 0. The van der Waals surface area contributed by atoms with E-state index in [9.17, 15) is 22.0 Å². The van der Waals surface area contributed by atoms with Crippen LogP contribution in [-0.2, 0) is 12.5 Å². The first-order valence-electron chi connectivity index (χ1n) is 13.8. The van der Waals surface area contributed by atoms with E-state index >= 15 is 8.78 Å². The maximum atomic E-state index is 15.2. The molecule has 0 aliphatic carbocycles. The van der Waals surface area contributed by atoms with Crippen molar-refractivity contribution < 1.29 is 35.5 Å². The molecule has 0 aliphatic heterocycles. The molecule has 0 radical (unpaired) electrons. The molecular weight excluding hydrogens is 585 g/mol. The van der Waals surface area contributed by atoms with E-state index in [4.69, 9.17) is 0 Å². The average molecular weight is 611 g/mol. The molecule has 10 heteroatoms. The van der Waals surface area contributed by atoms with Crippen LogP contribution in [0.1, 0.15) is 37.3 Å². The topological polar surface area (TPSA) is 35.0 Å². The van der Waals surface area contributed by atoms with E-state index in [2.05, 4.69) is 21.6 Å². The van der Waals surface area contributed by atoms with Crippen molar-refractivity contribution in [3.8, 4) is 39.4 Å². The largest absolute Gasteiger partial charge is 0.429 e. The van der Waals surface area contributed by atoms with Gasteiger partial charge in [0.2, 0.25) is 0 Å². The molecule has 0 saturated carbocycles. The van der Waals surface area contributed by atoms with Gasteiger partial charge in [-0.1, -0.05) is 50.1 Å². The molecule has 1 heterocycles. The highest BCUT2D eigenvalue weighted by atomic mass is 19.3. The van der Waals surface area contributed by atoms with Crippen LogP contribution in [0.15, 0.2) is 85.2 Å².